The standard InChI is InChI=1S/C9H11NO2/c11-8-5-6-3-1-2-4-7(6)9(12)10-8/h4,6H,1-3,5H2,(H,10,11,12). The van der Waals surface area contributed by atoms with E-state index in [9.17, 15) is 9.59 Å². The fourth-order valence-electron chi connectivity index (χ4n) is 1.91. The van der Waals surface area contributed by atoms with Gasteiger partial charge in [-0.25, -0.2) is 0 Å². The monoisotopic (exact) mass is 165 g/mol. The zero-order valence-corrected chi connectivity index (χ0v) is 6.80. The quantitative estimate of drug-likeness (QED) is 0.538. The molecule has 0 bridgehead atoms. The fourth-order valence-corrected chi connectivity index (χ4v) is 1.91. The van der Waals surface area contributed by atoms with E-state index >= 15 is 0 Å². The van der Waals surface area contributed by atoms with Crippen molar-refractivity contribution >= 4 is 11.8 Å². The molecule has 64 valence electrons. The number of imide groups is 1. The second kappa shape index (κ2) is 2.73. The van der Waals surface area contributed by atoms with E-state index < -0.39 is 0 Å². The summed E-state index contributed by atoms with van der Waals surface area (Å²) in [7, 11) is 0. The maximum Gasteiger partial charge on any atom is 0.253 e. The van der Waals surface area contributed by atoms with Crippen molar-refractivity contribution in [2.24, 2.45) is 5.92 Å². The molecule has 1 saturated heterocycles. The van der Waals surface area contributed by atoms with Gasteiger partial charge < -0.3 is 0 Å². The van der Waals surface area contributed by atoms with Crippen LogP contribution in [0.4, 0.5) is 0 Å². The number of hydrogen-bond acceptors (Lipinski definition) is 2. The summed E-state index contributed by atoms with van der Waals surface area (Å²) >= 11 is 0. The molecule has 12 heavy (non-hydrogen) atoms. The van der Waals surface area contributed by atoms with Crippen molar-refractivity contribution in [3.05, 3.63) is 11.6 Å². The zero-order chi connectivity index (χ0) is 8.55. The van der Waals surface area contributed by atoms with E-state index in [-0.39, 0.29) is 17.7 Å². The third kappa shape index (κ3) is 1.15. The first-order valence-corrected chi connectivity index (χ1v) is 4.31. The highest BCUT2D eigenvalue weighted by atomic mass is 16.2. The lowest BCUT2D eigenvalue weighted by Crippen LogP contribution is -2.41. The highest BCUT2D eigenvalue weighted by Crippen LogP contribution is 2.29. The lowest BCUT2D eigenvalue weighted by atomic mass is 9.82. The Morgan fingerprint density at radius 1 is 1.42 bits per heavy atom. The lowest BCUT2D eigenvalue weighted by Gasteiger charge is -2.26. The van der Waals surface area contributed by atoms with Crippen LogP contribution >= 0.6 is 0 Å². The normalized spacial score (nSPS) is 29.0. The molecule has 3 heteroatoms. The Kier molecular flexibility index (Phi) is 1.71. The summed E-state index contributed by atoms with van der Waals surface area (Å²) < 4.78 is 0. The van der Waals surface area contributed by atoms with Crippen molar-refractivity contribution in [1.29, 1.82) is 0 Å². The zero-order valence-electron chi connectivity index (χ0n) is 6.80. The molecule has 0 aromatic carbocycles. The predicted molar refractivity (Wildman–Crippen MR) is 43.2 cm³/mol. The minimum atomic E-state index is -0.170. The fraction of sp³-hybridized carbons (Fsp3) is 0.556. The SMILES string of the molecule is O=C1CC2CCCC=C2C(=O)N1. The molecular formula is C9H11NO2. The van der Waals surface area contributed by atoms with Gasteiger partial charge >= 0.3 is 0 Å². The third-order valence-electron chi connectivity index (χ3n) is 2.51. The summed E-state index contributed by atoms with van der Waals surface area (Å²) in [5.41, 5.74) is 0.834. The molecule has 1 N–H and O–H groups in total. The minimum Gasteiger partial charge on any atom is -0.293 e. The summed E-state index contributed by atoms with van der Waals surface area (Å²) in [6, 6.07) is 0. The maximum atomic E-state index is 11.2. The predicted octanol–water partition coefficient (Wildman–Crippen LogP) is 0.759. The van der Waals surface area contributed by atoms with Crippen molar-refractivity contribution in [3.8, 4) is 0 Å². The largest absolute Gasteiger partial charge is 0.293 e. The number of fused-ring (bicyclic) bond motifs is 1. The molecule has 2 amide bonds. The molecule has 1 heterocycles. The van der Waals surface area contributed by atoms with E-state index in [1.165, 1.54) is 0 Å². The molecule has 1 aliphatic heterocycles. The summed E-state index contributed by atoms with van der Waals surface area (Å²) in [5.74, 6) is -0.0833. The van der Waals surface area contributed by atoms with Crippen molar-refractivity contribution in [3.63, 3.8) is 0 Å². The lowest BCUT2D eigenvalue weighted by molar-refractivity contribution is -0.131. The maximum absolute atomic E-state index is 11.2. The Morgan fingerprint density at radius 3 is 3.08 bits per heavy atom. The van der Waals surface area contributed by atoms with E-state index in [4.69, 9.17) is 0 Å². The number of amides is 2. The Balaban J connectivity index is 2.25. The Labute approximate surface area is 70.8 Å². The van der Waals surface area contributed by atoms with Crippen molar-refractivity contribution in [2.75, 3.05) is 0 Å². The summed E-state index contributed by atoms with van der Waals surface area (Å²) in [6.07, 6.45) is 5.54. The minimum absolute atomic E-state index is 0.121. The first-order valence-electron chi connectivity index (χ1n) is 4.31. The molecule has 0 spiro atoms. The summed E-state index contributed by atoms with van der Waals surface area (Å²) in [6.45, 7) is 0. The first-order chi connectivity index (χ1) is 5.77. The van der Waals surface area contributed by atoms with Crippen LogP contribution in [0.15, 0.2) is 11.6 Å². The van der Waals surface area contributed by atoms with Crippen molar-refractivity contribution < 1.29 is 9.59 Å². The van der Waals surface area contributed by atoms with Crippen LogP contribution in [0.2, 0.25) is 0 Å². The Hall–Kier alpha value is -1.12. The van der Waals surface area contributed by atoms with Gasteiger partial charge in [0, 0.05) is 12.0 Å². The molecule has 1 atom stereocenters. The van der Waals surface area contributed by atoms with Crippen LogP contribution in [0.25, 0.3) is 0 Å². The highest BCUT2D eigenvalue weighted by Gasteiger charge is 2.30. The van der Waals surface area contributed by atoms with Gasteiger partial charge in [-0.1, -0.05) is 6.08 Å². The second-order valence-corrected chi connectivity index (χ2v) is 3.37. The molecule has 0 radical (unpaired) electrons. The van der Waals surface area contributed by atoms with E-state index in [2.05, 4.69) is 5.32 Å². The Bertz CT molecular complexity index is 268. The number of hydrogen-bond donors (Lipinski definition) is 1. The molecule has 1 aliphatic carbocycles. The van der Waals surface area contributed by atoms with Gasteiger partial charge in [0.05, 0.1) is 0 Å². The summed E-state index contributed by atoms with van der Waals surface area (Å²) in [4.78, 5) is 22.2. The molecule has 1 unspecified atom stereocenters. The van der Waals surface area contributed by atoms with E-state index in [1.807, 2.05) is 6.08 Å². The molecular weight excluding hydrogens is 154 g/mol. The van der Waals surface area contributed by atoms with Crippen LogP contribution < -0.4 is 5.32 Å². The highest BCUT2D eigenvalue weighted by molar-refractivity contribution is 6.07. The van der Waals surface area contributed by atoms with Crippen LogP contribution in [0.1, 0.15) is 25.7 Å². The van der Waals surface area contributed by atoms with Gasteiger partial charge in [-0.05, 0) is 25.2 Å². The average Bonchev–Trinajstić information content (AvgIpc) is 2.04. The van der Waals surface area contributed by atoms with Crippen molar-refractivity contribution in [2.45, 2.75) is 25.7 Å². The second-order valence-electron chi connectivity index (χ2n) is 3.37. The van der Waals surface area contributed by atoms with Gasteiger partial charge in [-0.3, -0.25) is 14.9 Å². The van der Waals surface area contributed by atoms with Crippen LogP contribution in [0.3, 0.4) is 0 Å². The van der Waals surface area contributed by atoms with Gasteiger partial charge in [0.25, 0.3) is 5.91 Å². The molecule has 2 aliphatic rings. The van der Waals surface area contributed by atoms with E-state index in [0.29, 0.717) is 6.42 Å². The van der Waals surface area contributed by atoms with Gasteiger partial charge in [0.2, 0.25) is 5.91 Å². The van der Waals surface area contributed by atoms with Crippen molar-refractivity contribution in [1.82, 2.24) is 5.32 Å². The molecule has 2 rings (SSSR count). The topological polar surface area (TPSA) is 46.2 Å². The average molecular weight is 165 g/mol. The number of nitrogens with one attached hydrogen (secondary N) is 1. The molecule has 0 aromatic rings. The van der Waals surface area contributed by atoms with Crippen LogP contribution in [0, 0.1) is 5.92 Å². The van der Waals surface area contributed by atoms with E-state index in [0.717, 1.165) is 24.8 Å². The molecule has 0 saturated carbocycles. The summed E-state index contributed by atoms with van der Waals surface area (Å²) in [5, 5.41) is 2.33. The number of carbonyl (C=O) groups is 2. The van der Waals surface area contributed by atoms with Crippen LogP contribution in [-0.2, 0) is 9.59 Å². The van der Waals surface area contributed by atoms with Gasteiger partial charge in [-0.15, -0.1) is 0 Å². The molecule has 1 fully saturated rings. The number of allylic oxidation sites excluding steroid dienone is 1. The number of carbonyl (C=O) groups excluding carboxylic acids is 2. The van der Waals surface area contributed by atoms with Gasteiger partial charge in [-0.2, -0.15) is 0 Å². The van der Waals surface area contributed by atoms with Gasteiger partial charge in [0.15, 0.2) is 0 Å². The van der Waals surface area contributed by atoms with E-state index in [1.54, 1.807) is 0 Å². The number of piperidine rings is 1. The van der Waals surface area contributed by atoms with Crippen LogP contribution in [0.5, 0.6) is 0 Å². The third-order valence-corrected chi connectivity index (χ3v) is 2.51. The molecule has 3 nitrogen and oxygen atoms in total. The van der Waals surface area contributed by atoms with Gasteiger partial charge in [0.1, 0.15) is 0 Å². The number of rotatable bonds is 0. The molecule has 0 aromatic heterocycles. The van der Waals surface area contributed by atoms with Crippen LogP contribution in [-0.4, -0.2) is 11.8 Å². The Morgan fingerprint density at radius 2 is 2.25 bits per heavy atom. The smallest absolute Gasteiger partial charge is 0.253 e. The first kappa shape index (κ1) is 7.53.